The Morgan fingerprint density at radius 3 is 3.12 bits per heavy atom. The topological polar surface area (TPSA) is 50.1 Å². The highest BCUT2D eigenvalue weighted by Crippen LogP contribution is 2.19. The minimum atomic E-state index is -0.319. The minimum Gasteiger partial charge on any atom is -0.390 e. The first-order chi connectivity index (χ1) is 7.81. The standard InChI is InChI=1S/C12H21N3O/c1-2-13-7-10(16)8-15-9-14-11-5-3-4-6-12(11)15/h9-10,13,16H,2-8H2,1H3. The number of likely N-dealkylation sites (N-methyl/N-ethyl adjacent to an activating group) is 1. The van der Waals surface area contributed by atoms with Crippen molar-refractivity contribution in [3.05, 3.63) is 17.7 Å². The molecule has 1 aromatic rings. The number of nitrogens with one attached hydrogen (secondary N) is 1. The maximum atomic E-state index is 9.84. The molecule has 2 rings (SSSR count). The highest BCUT2D eigenvalue weighted by molar-refractivity contribution is 5.16. The van der Waals surface area contributed by atoms with Gasteiger partial charge in [-0.15, -0.1) is 0 Å². The van der Waals surface area contributed by atoms with Crippen molar-refractivity contribution in [2.45, 2.75) is 45.3 Å². The summed E-state index contributed by atoms with van der Waals surface area (Å²) >= 11 is 0. The van der Waals surface area contributed by atoms with E-state index in [2.05, 4.69) is 14.9 Å². The molecule has 1 aliphatic rings. The van der Waals surface area contributed by atoms with Crippen LogP contribution in [0.2, 0.25) is 0 Å². The van der Waals surface area contributed by atoms with E-state index in [1.165, 1.54) is 24.2 Å². The Balaban J connectivity index is 1.96. The third kappa shape index (κ3) is 2.62. The number of aryl methyl sites for hydroxylation is 1. The number of nitrogens with zero attached hydrogens (tertiary/aromatic N) is 2. The van der Waals surface area contributed by atoms with Gasteiger partial charge in [0.25, 0.3) is 0 Å². The van der Waals surface area contributed by atoms with Crippen molar-refractivity contribution in [1.82, 2.24) is 14.9 Å². The van der Waals surface area contributed by atoms with Crippen LogP contribution < -0.4 is 5.32 Å². The first-order valence-electron chi connectivity index (χ1n) is 6.23. The van der Waals surface area contributed by atoms with Crippen LogP contribution in [-0.2, 0) is 19.4 Å². The fourth-order valence-electron chi connectivity index (χ4n) is 2.29. The van der Waals surface area contributed by atoms with E-state index in [0.29, 0.717) is 13.1 Å². The third-order valence-electron chi connectivity index (χ3n) is 3.15. The van der Waals surface area contributed by atoms with Gasteiger partial charge in [0.15, 0.2) is 0 Å². The lowest BCUT2D eigenvalue weighted by Crippen LogP contribution is -2.30. The number of hydrogen-bond donors (Lipinski definition) is 2. The maximum absolute atomic E-state index is 9.84. The minimum absolute atomic E-state index is 0.319. The molecule has 16 heavy (non-hydrogen) atoms. The number of aliphatic hydroxyl groups is 1. The van der Waals surface area contributed by atoms with Crippen LogP contribution in [0.4, 0.5) is 0 Å². The molecule has 0 bridgehead atoms. The molecule has 0 radical (unpaired) electrons. The van der Waals surface area contributed by atoms with Gasteiger partial charge in [-0.2, -0.15) is 0 Å². The van der Waals surface area contributed by atoms with Crippen LogP contribution in [0.1, 0.15) is 31.2 Å². The molecule has 4 heteroatoms. The van der Waals surface area contributed by atoms with Gasteiger partial charge < -0.3 is 15.0 Å². The average Bonchev–Trinajstić information content (AvgIpc) is 2.70. The molecule has 0 aromatic carbocycles. The molecule has 0 amide bonds. The van der Waals surface area contributed by atoms with E-state index in [1.807, 2.05) is 13.3 Å². The predicted octanol–water partition coefficient (Wildman–Crippen LogP) is 0.732. The molecule has 0 spiro atoms. The Kier molecular flexibility index (Phi) is 3.96. The van der Waals surface area contributed by atoms with Crippen LogP contribution in [0.5, 0.6) is 0 Å². The van der Waals surface area contributed by atoms with Gasteiger partial charge in [-0.05, 0) is 32.2 Å². The Labute approximate surface area is 96.7 Å². The molecule has 1 aliphatic carbocycles. The Morgan fingerprint density at radius 2 is 2.31 bits per heavy atom. The maximum Gasteiger partial charge on any atom is 0.0952 e. The van der Waals surface area contributed by atoms with E-state index in [4.69, 9.17) is 0 Å². The molecule has 1 aromatic heterocycles. The van der Waals surface area contributed by atoms with Gasteiger partial charge in [0.05, 0.1) is 24.7 Å². The zero-order valence-electron chi connectivity index (χ0n) is 9.95. The Bertz CT molecular complexity index is 335. The van der Waals surface area contributed by atoms with Gasteiger partial charge in [-0.3, -0.25) is 0 Å². The van der Waals surface area contributed by atoms with Crippen LogP contribution in [0, 0.1) is 0 Å². The van der Waals surface area contributed by atoms with E-state index in [-0.39, 0.29) is 6.10 Å². The van der Waals surface area contributed by atoms with Gasteiger partial charge in [0.2, 0.25) is 0 Å². The van der Waals surface area contributed by atoms with E-state index in [0.717, 1.165) is 19.4 Å². The van der Waals surface area contributed by atoms with Crippen LogP contribution in [0.3, 0.4) is 0 Å². The van der Waals surface area contributed by atoms with Crippen LogP contribution in [-0.4, -0.2) is 33.9 Å². The summed E-state index contributed by atoms with van der Waals surface area (Å²) in [5, 5.41) is 13.0. The highest BCUT2D eigenvalue weighted by atomic mass is 16.3. The van der Waals surface area contributed by atoms with Gasteiger partial charge in [-0.25, -0.2) is 4.98 Å². The highest BCUT2D eigenvalue weighted by Gasteiger charge is 2.16. The van der Waals surface area contributed by atoms with E-state index in [9.17, 15) is 5.11 Å². The van der Waals surface area contributed by atoms with E-state index >= 15 is 0 Å². The number of rotatable bonds is 5. The van der Waals surface area contributed by atoms with Crippen molar-refractivity contribution >= 4 is 0 Å². The number of imidazole rings is 1. The second-order valence-electron chi connectivity index (χ2n) is 4.46. The molecule has 1 atom stereocenters. The predicted molar refractivity (Wildman–Crippen MR) is 63.4 cm³/mol. The van der Waals surface area contributed by atoms with Crippen LogP contribution in [0.25, 0.3) is 0 Å². The summed E-state index contributed by atoms with van der Waals surface area (Å²) in [6, 6.07) is 0. The average molecular weight is 223 g/mol. The first kappa shape index (κ1) is 11.6. The van der Waals surface area contributed by atoms with Crippen LogP contribution in [0.15, 0.2) is 6.33 Å². The summed E-state index contributed by atoms with van der Waals surface area (Å²) in [6.45, 7) is 4.27. The second-order valence-corrected chi connectivity index (χ2v) is 4.46. The molecule has 0 aliphatic heterocycles. The molecular weight excluding hydrogens is 202 g/mol. The molecule has 1 heterocycles. The van der Waals surface area contributed by atoms with Crippen molar-refractivity contribution in [3.8, 4) is 0 Å². The summed E-state index contributed by atoms with van der Waals surface area (Å²) in [7, 11) is 0. The summed E-state index contributed by atoms with van der Waals surface area (Å²) in [4.78, 5) is 4.42. The van der Waals surface area contributed by atoms with E-state index in [1.54, 1.807) is 0 Å². The van der Waals surface area contributed by atoms with Crippen LogP contribution >= 0.6 is 0 Å². The van der Waals surface area contributed by atoms with Gasteiger partial charge in [-0.1, -0.05) is 6.92 Å². The Morgan fingerprint density at radius 1 is 1.50 bits per heavy atom. The van der Waals surface area contributed by atoms with E-state index < -0.39 is 0 Å². The zero-order chi connectivity index (χ0) is 11.4. The number of aliphatic hydroxyl groups excluding tert-OH is 1. The van der Waals surface area contributed by atoms with Crippen molar-refractivity contribution in [3.63, 3.8) is 0 Å². The number of hydrogen-bond acceptors (Lipinski definition) is 3. The normalized spacial score (nSPS) is 17.1. The molecule has 1 unspecified atom stereocenters. The zero-order valence-corrected chi connectivity index (χ0v) is 9.95. The molecule has 0 fully saturated rings. The largest absolute Gasteiger partial charge is 0.390 e. The van der Waals surface area contributed by atoms with Crippen molar-refractivity contribution < 1.29 is 5.11 Å². The summed E-state index contributed by atoms with van der Waals surface area (Å²) in [5.74, 6) is 0. The molecule has 90 valence electrons. The van der Waals surface area contributed by atoms with Gasteiger partial charge in [0, 0.05) is 12.2 Å². The fourth-order valence-corrected chi connectivity index (χ4v) is 2.29. The lowest BCUT2D eigenvalue weighted by molar-refractivity contribution is 0.151. The molecule has 4 nitrogen and oxygen atoms in total. The quantitative estimate of drug-likeness (QED) is 0.774. The third-order valence-corrected chi connectivity index (χ3v) is 3.15. The second kappa shape index (κ2) is 5.46. The fraction of sp³-hybridized carbons (Fsp3) is 0.750. The number of aromatic nitrogens is 2. The van der Waals surface area contributed by atoms with Gasteiger partial charge in [0.1, 0.15) is 0 Å². The van der Waals surface area contributed by atoms with Crippen molar-refractivity contribution in [2.24, 2.45) is 0 Å². The monoisotopic (exact) mass is 223 g/mol. The van der Waals surface area contributed by atoms with Crippen molar-refractivity contribution in [2.75, 3.05) is 13.1 Å². The molecule has 0 saturated heterocycles. The lowest BCUT2D eigenvalue weighted by Gasteiger charge is -2.17. The molecule has 2 N–H and O–H groups in total. The Hall–Kier alpha value is -0.870. The SMILES string of the molecule is CCNCC(O)Cn1cnc2c1CCCC2. The first-order valence-corrected chi connectivity index (χ1v) is 6.23. The molecule has 0 saturated carbocycles. The van der Waals surface area contributed by atoms with Crippen molar-refractivity contribution in [1.29, 1.82) is 0 Å². The molecular formula is C12H21N3O. The smallest absolute Gasteiger partial charge is 0.0952 e. The number of fused-ring (bicyclic) bond motifs is 1. The summed E-state index contributed by atoms with van der Waals surface area (Å²) in [5.41, 5.74) is 2.57. The lowest BCUT2D eigenvalue weighted by atomic mass is 10.0. The summed E-state index contributed by atoms with van der Waals surface area (Å²) in [6.07, 6.45) is 6.28. The van der Waals surface area contributed by atoms with Gasteiger partial charge >= 0.3 is 0 Å². The summed E-state index contributed by atoms with van der Waals surface area (Å²) < 4.78 is 2.12.